The Morgan fingerprint density at radius 3 is 2.19 bits per heavy atom. The quantitative estimate of drug-likeness (QED) is 0.684. The van der Waals surface area contributed by atoms with Gasteiger partial charge in [0.25, 0.3) is 0 Å². The van der Waals surface area contributed by atoms with Crippen LogP contribution < -0.4 is 5.32 Å². The van der Waals surface area contributed by atoms with Gasteiger partial charge in [0.05, 0.1) is 0 Å². The Hall–Kier alpha value is -0.860. The van der Waals surface area contributed by atoms with E-state index >= 15 is 0 Å². The molecule has 1 aromatic carbocycles. The van der Waals surface area contributed by atoms with E-state index in [1.54, 1.807) is 0 Å². The molecule has 0 saturated heterocycles. The summed E-state index contributed by atoms with van der Waals surface area (Å²) in [7, 11) is 2.09. The zero-order valence-electron chi connectivity index (χ0n) is 14.7. The third-order valence-corrected chi connectivity index (χ3v) is 4.26. The van der Waals surface area contributed by atoms with Gasteiger partial charge in [0.1, 0.15) is 0 Å². The number of hydrogen-bond acceptors (Lipinski definition) is 2. The van der Waals surface area contributed by atoms with Crippen molar-refractivity contribution in [2.45, 2.75) is 59.4 Å². The molecule has 1 N–H and O–H groups in total. The van der Waals surface area contributed by atoms with Crippen LogP contribution in [-0.2, 0) is 0 Å². The van der Waals surface area contributed by atoms with Gasteiger partial charge in [-0.3, -0.25) is 0 Å². The van der Waals surface area contributed by atoms with Crippen molar-refractivity contribution in [1.29, 1.82) is 0 Å². The van der Waals surface area contributed by atoms with Gasteiger partial charge in [-0.25, -0.2) is 0 Å². The van der Waals surface area contributed by atoms with Gasteiger partial charge in [0, 0.05) is 12.6 Å². The lowest BCUT2D eigenvalue weighted by Gasteiger charge is -2.28. The van der Waals surface area contributed by atoms with E-state index in [0.29, 0.717) is 6.04 Å². The molecule has 1 unspecified atom stereocenters. The number of nitrogens with zero attached hydrogens (tertiary/aromatic N) is 1. The van der Waals surface area contributed by atoms with Gasteiger partial charge in [-0.2, -0.15) is 0 Å². The average molecular weight is 290 g/mol. The minimum absolute atomic E-state index is 0.429. The van der Waals surface area contributed by atoms with Crippen LogP contribution in [0.3, 0.4) is 0 Å². The van der Waals surface area contributed by atoms with Gasteiger partial charge in [0.15, 0.2) is 0 Å². The monoisotopic (exact) mass is 290 g/mol. The highest BCUT2D eigenvalue weighted by atomic mass is 15.1. The second-order valence-corrected chi connectivity index (χ2v) is 6.21. The molecule has 1 atom stereocenters. The van der Waals surface area contributed by atoms with Gasteiger partial charge in [-0.1, -0.05) is 50.5 Å². The molecule has 0 aromatic heterocycles. The molecule has 0 bridgehead atoms. The second-order valence-electron chi connectivity index (χ2n) is 6.21. The van der Waals surface area contributed by atoms with Crippen LogP contribution in [0.1, 0.15) is 62.3 Å². The fourth-order valence-corrected chi connectivity index (χ4v) is 2.80. The second kappa shape index (κ2) is 9.97. The zero-order chi connectivity index (χ0) is 15.7. The Morgan fingerprint density at radius 2 is 1.67 bits per heavy atom. The fourth-order valence-electron chi connectivity index (χ4n) is 2.80. The molecular formula is C19H34N2. The lowest BCUT2D eigenvalue weighted by Crippen LogP contribution is -2.35. The van der Waals surface area contributed by atoms with Crippen molar-refractivity contribution in [3.63, 3.8) is 0 Å². The standard InChI is InChI=1S/C19H34N2/c1-6-8-12-21(13-9-7-2)15-19(20-5)18-14-16(3)10-11-17(18)4/h10-11,14,19-20H,6-9,12-13,15H2,1-5H3. The molecule has 0 aliphatic carbocycles. The van der Waals surface area contributed by atoms with Crippen molar-refractivity contribution in [2.75, 3.05) is 26.7 Å². The Balaban J connectivity index is 2.78. The zero-order valence-corrected chi connectivity index (χ0v) is 14.7. The third kappa shape index (κ3) is 6.19. The van der Waals surface area contributed by atoms with E-state index in [4.69, 9.17) is 0 Å². The maximum absolute atomic E-state index is 3.53. The molecule has 0 aliphatic heterocycles. The Bertz CT molecular complexity index is 393. The van der Waals surface area contributed by atoms with E-state index in [1.165, 1.54) is 55.5 Å². The molecule has 0 radical (unpaired) electrons. The summed E-state index contributed by atoms with van der Waals surface area (Å²) in [6.45, 7) is 12.5. The van der Waals surface area contributed by atoms with Crippen molar-refractivity contribution >= 4 is 0 Å². The number of hydrogen-bond donors (Lipinski definition) is 1. The molecule has 2 heteroatoms. The van der Waals surface area contributed by atoms with Gasteiger partial charge in [0.2, 0.25) is 0 Å². The summed E-state index contributed by atoms with van der Waals surface area (Å²) in [5.74, 6) is 0. The van der Waals surface area contributed by atoms with Crippen molar-refractivity contribution < 1.29 is 0 Å². The molecule has 0 spiro atoms. The molecule has 0 fully saturated rings. The molecule has 0 aliphatic rings. The molecule has 1 aromatic rings. The number of nitrogens with one attached hydrogen (secondary N) is 1. The van der Waals surface area contributed by atoms with Crippen LogP contribution in [0.15, 0.2) is 18.2 Å². The van der Waals surface area contributed by atoms with Crippen LogP contribution in [0.5, 0.6) is 0 Å². The predicted octanol–water partition coefficient (Wildman–Crippen LogP) is 4.47. The van der Waals surface area contributed by atoms with E-state index < -0.39 is 0 Å². The predicted molar refractivity (Wildman–Crippen MR) is 94.0 cm³/mol. The maximum atomic E-state index is 3.53. The van der Waals surface area contributed by atoms with Crippen molar-refractivity contribution in [3.8, 4) is 0 Å². The first-order valence-electron chi connectivity index (χ1n) is 8.59. The SMILES string of the molecule is CCCCN(CCCC)CC(NC)c1cc(C)ccc1C. The minimum atomic E-state index is 0.429. The van der Waals surface area contributed by atoms with Crippen molar-refractivity contribution in [1.82, 2.24) is 10.2 Å². The molecule has 0 amide bonds. The Labute approximate surface area is 131 Å². The lowest BCUT2D eigenvalue weighted by molar-refractivity contribution is 0.239. The first kappa shape index (κ1) is 18.2. The number of aryl methyl sites for hydroxylation is 2. The number of unbranched alkanes of at least 4 members (excludes halogenated alkanes) is 2. The summed E-state index contributed by atoms with van der Waals surface area (Å²) in [4.78, 5) is 2.63. The first-order chi connectivity index (χ1) is 10.1. The molecule has 21 heavy (non-hydrogen) atoms. The van der Waals surface area contributed by atoms with Crippen LogP contribution in [0.25, 0.3) is 0 Å². The van der Waals surface area contributed by atoms with E-state index in [2.05, 4.69) is 63.2 Å². The smallest absolute Gasteiger partial charge is 0.0449 e. The van der Waals surface area contributed by atoms with Gasteiger partial charge in [-0.05, 0) is 58.0 Å². The van der Waals surface area contributed by atoms with Gasteiger partial charge in [-0.15, -0.1) is 0 Å². The molecule has 1 rings (SSSR count). The third-order valence-electron chi connectivity index (χ3n) is 4.26. The number of rotatable bonds is 10. The molecule has 120 valence electrons. The van der Waals surface area contributed by atoms with Crippen LogP contribution in [-0.4, -0.2) is 31.6 Å². The van der Waals surface area contributed by atoms with Gasteiger partial charge < -0.3 is 10.2 Å². The molecular weight excluding hydrogens is 256 g/mol. The van der Waals surface area contributed by atoms with E-state index in [-0.39, 0.29) is 0 Å². The number of likely N-dealkylation sites (N-methyl/N-ethyl adjacent to an activating group) is 1. The summed E-state index contributed by atoms with van der Waals surface area (Å²) in [6, 6.07) is 7.22. The molecule has 0 heterocycles. The van der Waals surface area contributed by atoms with Crippen molar-refractivity contribution in [2.24, 2.45) is 0 Å². The van der Waals surface area contributed by atoms with Crippen LogP contribution in [0.2, 0.25) is 0 Å². The lowest BCUT2D eigenvalue weighted by atomic mass is 9.98. The normalized spacial score (nSPS) is 12.9. The minimum Gasteiger partial charge on any atom is -0.312 e. The van der Waals surface area contributed by atoms with Crippen LogP contribution in [0.4, 0.5) is 0 Å². The summed E-state index contributed by atoms with van der Waals surface area (Å²) >= 11 is 0. The summed E-state index contributed by atoms with van der Waals surface area (Å²) in [6.07, 6.45) is 5.15. The molecule has 0 saturated carbocycles. The van der Waals surface area contributed by atoms with E-state index in [1.807, 2.05) is 0 Å². The highest BCUT2D eigenvalue weighted by Gasteiger charge is 2.16. The number of benzene rings is 1. The van der Waals surface area contributed by atoms with Crippen LogP contribution >= 0.6 is 0 Å². The highest BCUT2D eigenvalue weighted by Crippen LogP contribution is 2.20. The van der Waals surface area contributed by atoms with Gasteiger partial charge >= 0.3 is 0 Å². The Morgan fingerprint density at radius 1 is 1.05 bits per heavy atom. The van der Waals surface area contributed by atoms with E-state index in [0.717, 1.165) is 6.54 Å². The largest absolute Gasteiger partial charge is 0.312 e. The Kier molecular flexibility index (Phi) is 8.63. The van der Waals surface area contributed by atoms with Crippen molar-refractivity contribution in [3.05, 3.63) is 34.9 Å². The highest BCUT2D eigenvalue weighted by molar-refractivity contribution is 5.33. The fraction of sp³-hybridized carbons (Fsp3) is 0.684. The topological polar surface area (TPSA) is 15.3 Å². The summed E-state index contributed by atoms with van der Waals surface area (Å²) in [5.41, 5.74) is 4.20. The summed E-state index contributed by atoms with van der Waals surface area (Å²) < 4.78 is 0. The van der Waals surface area contributed by atoms with E-state index in [9.17, 15) is 0 Å². The van der Waals surface area contributed by atoms with Crippen LogP contribution in [0, 0.1) is 13.8 Å². The average Bonchev–Trinajstić information content (AvgIpc) is 2.49. The summed E-state index contributed by atoms with van der Waals surface area (Å²) in [5, 5.41) is 3.53. The molecule has 2 nitrogen and oxygen atoms in total. The maximum Gasteiger partial charge on any atom is 0.0449 e. The first-order valence-corrected chi connectivity index (χ1v) is 8.59.